The van der Waals surface area contributed by atoms with Crippen LogP contribution in [0.25, 0.3) is 11.3 Å². The number of H-pyrrole nitrogens is 1. The zero-order valence-electron chi connectivity index (χ0n) is 16.3. The van der Waals surface area contributed by atoms with Crippen molar-refractivity contribution in [1.29, 1.82) is 0 Å². The Bertz CT molecular complexity index is 656. The van der Waals surface area contributed by atoms with Crippen LogP contribution in [0, 0.1) is 5.92 Å². The van der Waals surface area contributed by atoms with Gasteiger partial charge in [0.05, 0.1) is 5.69 Å². The van der Waals surface area contributed by atoms with Crippen LogP contribution in [0.3, 0.4) is 0 Å². The van der Waals surface area contributed by atoms with Crippen molar-refractivity contribution in [2.45, 2.75) is 32.1 Å². The summed E-state index contributed by atoms with van der Waals surface area (Å²) in [5.41, 5.74) is 2.17. The molecule has 2 aliphatic rings. The number of nitrogens with zero attached hydrogens (tertiary/aromatic N) is 3. The molecular weight excluding hydrogens is 336 g/mol. The summed E-state index contributed by atoms with van der Waals surface area (Å²) in [4.78, 5) is 5.22. The van der Waals surface area contributed by atoms with Crippen LogP contribution in [-0.2, 0) is 0 Å². The average Bonchev–Trinajstić information content (AvgIpc) is 3.26. The highest BCUT2D eigenvalue weighted by Gasteiger charge is 2.21. The maximum Gasteiger partial charge on any atom is 0.119 e. The van der Waals surface area contributed by atoms with Crippen molar-refractivity contribution in [2.75, 3.05) is 45.9 Å². The number of benzene rings is 1. The highest BCUT2D eigenvalue weighted by Crippen LogP contribution is 2.25. The Hall–Kier alpha value is -1.85. The fourth-order valence-electron chi connectivity index (χ4n) is 4.37. The lowest BCUT2D eigenvalue weighted by atomic mass is 9.89. The predicted octanol–water partition coefficient (Wildman–Crippen LogP) is 3.65. The topological polar surface area (TPSA) is 44.4 Å². The van der Waals surface area contributed by atoms with Gasteiger partial charge in [-0.05, 0) is 54.7 Å². The van der Waals surface area contributed by atoms with Crippen molar-refractivity contribution in [3.63, 3.8) is 0 Å². The summed E-state index contributed by atoms with van der Waals surface area (Å²) in [6, 6.07) is 10.2. The average molecular weight is 369 g/mol. The third kappa shape index (κ3) is 5.33. The molecule has 0 atom stereocenters. The highest BCUT2D eigenvalue weighted by molar-refractivity contribution is 5.59. The quantitative estimate of drug-likeness (QED) is 0.810. The van der Waals surface area contributed by atoms with Crippen molar-refractivity contribution in [2.24, 2.45) is 5.92 Å². The summed E-state index contributed by atoms with van der Waals surface area (Å²) in [7, 11) is 0. The Morgan fingerprint density at radius 1 is 0.926 bits per heavy atom. The van der Waals surface area contributed by atoms with Crippen LogP contribution in [0.15, 0.2) is 36.5 Å². The molecule has 2 aromatic rings. The first-order valence-electron chi connectivity index (χ1n) is 10.5. The Labute approximate surface area is 162 Å². The third-order valence-corrected chi connectivity index (χ3v) is 6.05. The summed E-state index contributed by atoms with van der Waals surface area (Å²) < 4.78 is 5.95. The molecule has 0 spiro atoms. The monoisotopic (exact) mass is 368 g/mol. The van der Waals surface area contributed by atoms with E-state index in [0.717, 1.165) is 36.1 Å². The largest absolute Gasteiger partial charge is 0.492 e. The van der Waals surface area contributed by atoms with Gasteiger partial charge in [-0.15, -0.1) is 0 Å². The molecule has 0 unspecified atom stereocenters. The van der Waals surface area contributed by atoms with Crippen molar-refractivity contribution >= 4 is 0 Å². The molecule has 1 N–H and O–H groups in total. The molecule has 1 saturated heterocycles. The van der Waals surface area contributed by atoms with E-state index in [1.165, 1.54) is 64.8 Å². The third-order valence-electron chi connectivity index (χ3n) is 6.05. The Morgan fingerprint density at radius 2 is 1.67 bits per heavy atom. The molecule has 2 fully saturated rings. The molecule has 146 valence electrons. The van der Waals surface area contributed by atoms with Gasteiger partial charge in [-0.25, -0.2) is 0 Å². The summed E-state index contributed by atoms with van der Waals surface area (Å²) >= 11 is 0. The van der Waals surface area contributed by atoms with E-state index in [2.05, 4.69) is 32.1 Å². The van der Waals surface area contributed by atoms with Gasteiger partial charge in [0.1, 0.15) is 12.4 Å². The molecule has 1 aliphatic carbocycles. The van der Waals surface area contributed by atoms with E-state index in [0.29, 0.717) is 0 Å². The predicted molar refractivity (Wildman–Crippen MR) is 109 cm³/mol. The number of aromatic amines is 1. The van der Waals surface area contributed by atoms with Gasteiger partial charge in [0.2, 0.25) is 0 Å². The molecule has 5 nitrogen and oxygen atoms in total. The fourth-order valence-corrected chi connectivity index (χ4v) is 4.37. The second-order valence-electron chi connectivity index (χ2n) is 7.99. The van der Waals surface area contributed by atoms with E-state index < -0.39 is 0 Å². The number of aromatic nitrogens is 2. The lowest BCUT2D eigenvalue weighted by molar-refractivity contribution is 0.0988. The number of nitrogens with one attached hydrogen (secondary N) is 1. The van der Waals surface area contributed by atoms with E-state index in [9.17, 15) is 0 Å². The Kier molecular flexibility index (Phi) is 6.43. The highest BCUT2D eigenvalue weighted by atomic mass is 16.5. The minimum atomic E-state index is 0.756. The van der Waals surface area contributed by atoms with Gasteiger partial charge in [0.15, 0.2) is 0 Å². The molecule has 1 saturated carbocycles. The lowest BCUT2D eigenvalue weighted by Crippen LogP contribution is -2.48. The van der Waals surface area contributed by atoms with Crippen molar-refractivity contribution in [1.82, 2.24) is 20.0 Å². The zero-order chi connectivity index (χ0) is 18.3. The Morgan fingerprint density at radius 3 is 2.37 bits per heavy atom. The van der Waals surface area contributed by atoms with Crippen molar-refractivity contribution < 1.29 is 4.74 Å². The molecule has 5 heteroatoms. The molecule has 0 bridgehead atoms. The second kappa shape index (κ2) is 9.38. The van der Waals surface area contributed by atoms with E-state index in [4.69, 9.17) is 4.74 Å². The van der Waals surface area contributed by atoms with Gasteiger partial charge in [-0.3, -0.25) is 10.00 Å². The summed E-state index contributed by atoms with van der Waals surface area (Å²) in [5.74, 6) is 1.90. The molecule has 1 aromatic heterocycles. The van der Waals surface area contributed by atoms with Gasteiger partial charge < -0.3 is 9.64 Å². The number of ether oxygens (including phenoxy) is 1. The van der Waals surface area contributed by atoms with Crippen LogP contribution < -0.4 is 4.74 Å². The van der Waals surface area contributed by atoms with Crippen LogP contribution in [0.5, 0.6) is 5.75 Å². The van der Waals surface area contributed by atoms with E-state index in [1.54, 1.807) is 6.20 Å². The van der Waals surface area contributed by atoms with Crippen LogP contribution >= 0.6 is 0 Å². The van der Waals surface area contributed by atoms with Crippen LogP contribution in [0.2, 0.25) is 0 Å². The SMILES string of the molecule is c1cc(-c2ccc(OCCN3CCN(CC4CCCCC4)CC3)cc2)[nH]n1. The molecule has 1 aromatic carbocycles. The maximum atomic E-state index is 5.95. The summed E-state index contributed by atoms with van der Waals surface area (Å²) in [6.07, 6.45) is 9.03. The molecule has 27 heavy (non-hydrogen) atoms. The maximum absolute atomic E-state index is 5.95. The Balaban J connectivity index is 1.14. The zero-order valence-corrected chi connectivity index (χ0v) is 16.3. The molecule has 2 heterocycles. The van der Waals surface area contributed by atoms with Gasteiger partial charge in [0.25, 0.3) is 0 Å². The first-order valence-corrected chi connectivity index (χ1v) is 10.5. The van der Waals surface area contributed by atoms with Gasteiger partial charge >= 0.3 is 0 Å². The standard InChI is InChI=1S/C22H32N4O/c1-2-4-19(5-3-1)18-26-14-12-25(13-15-26)16-17-27-21-8-6-20(7-9-21)22-10-11-23-24-22/h6-11,19H,1-5,12-18H2,(H,23,24). The van der Waals surface area contributed by atoms with Crippen LogP contribution in [0.4, 0.5) is 0 Å². The van der Waals surface area contributed by atoms with Crippen molar-refractivity contribution in [3.05, 3.63) is 36.5 Å². The minimum Gasteiger partial charge on any atom is -0.492 e. The first kappa shape index (κ1) is 18.5. The first-order chi connectivity index (χ1) is 13.4. The summed E-state index contributed by atoms with van der Waals surface area (Å²) in [5, 5.41) is 6.98. The molecule has 0 amide bonds. The van der Waals surface area contributed by atoms with Crippen LogP contribution in [0.1, 0.15) is 32.1 Å². The van der Waals surface area contributed by atoms with Gasteiger partial charge in [-0.2, -0.15) is 5.10 Å². The number of rotatable bonds is 7. The van der Waals surface area contributed by atoms with Crippen molar-refractivity contribution in [3.8, 4) is 17.0 Å². The smallest absolute Gasteiger partial charge is 0.119 e. The van der Waals surface area contributed by atoms with E-state index in [1.807, 2.05) is 18.2 Å². The summed E-state index contributed by atoms with van der Waals surface area (Å²) in [6.45, 7) is 7.88. The molecular formula is C22H32N4O. The number of piperazine rings is 1. The molecule has 4 rings (SSSR count). The molecule has 0 radical (unpaired) electrons. The number of hydrogen-bond acceptors (Lipinski definition) is 4. The number of hydrogen-bond donors (Lipinski definition) is 1. The lowest BCUT2D eigenvalue weighted by Gasteiger charge is -2.37. The van der Waals surface area contributed by atoms with E-state index in [-0.39, 0.29) is 0 Å². The minimum absolute atomic E-state index is 0.756. The normalized spacial score (nSPS) is 20.0. The van der Waals surface area contributed by atoms with Gasteiger partial charge in [0, 0.05) is 45.5 Å². The molecule has 1 aliphatic heterocycles. The van der Waals surface area contributed by atoms with Crippen LogP contribution in [-0.4, -0.2) is 65.9 Å². The van der Waals surface area contributed by atoms with Gasteiger partial charge in [-0.1, -0.05) is 19.3 Å². The fraction of sp³-hybridized carbons (Fsp3) is 0.591. The second-order valence-corrected chi connectivity index (χ2v) is 7.99. The van der Waals surface area contributed by atoms with E-state index >= 15 is 0 Å².